The molecule has 1 amide bonds. The Morgan fingerprint density at radius 3 is 2.30 bits per heavy atom. The number of hydrogen-bond acceptors (Lipinski definition) is 6. The Morgan fingerprint density at radius 2 is 1.60 bits per heavy atom. The number of carbonyl (C=O) groups is 1. The molecule has 0 atom stereocenters. The van der Waals surface area contributed by atoms with Crippen molar-refractivity contribution in [3.63, 3.8) is 0 Å². The summed E-state index contributed by atoms with van der Waals surface area (Å²) in [7, 11) is 1.99. The van der Waals surface area contributed by atoms with Crippen molar-refractivity contribution >= 4 is 28.6 Å². The molecule has 2 heterocycles. The smallest absolute Gasteiger partial charge is 0.259 e. The summed E-state index contributed by atoms with van der Waals surface area (Å²) in [5.41, 5.74) is 2.12. The zero-order chi connectivity index (χ0) is 21.1. The number of aromatic nitrogens is 2. The standard InChI is InChI=1S/C23H26N4O3/c1-4-29-19-12-11-16(15-20(19)30-5-2)23(28)27-14-8-13-26(3)21-22(27)25-18-10-7-6-9-17(18)24-21/h6-7,9-12,15H,4-5,8,13-14H2,1-3H3. The lowest BCUT2D eigenvalue weighted by Gasteiger charge is -2.23. The van der Waals surface area contributed by atoms with Crippen LogP contribution < -0.4 is 19.3 Å². The molecule has 7 heteroatoms. The van der Waals surface area contributed by atoms with Gasteiger partial charge in [-0.15, -0.1) is 0 Å². The van der Waals surface area contributed by atoms with E-state index >= 15 is 0 Å². The monoisotopic (exact) mass is 406 g/mol. The first kappa shape index (κ1) is 19.9. The van der Waals surface area contributed by atoms with Crippen LogP contribution >= 0.6 is 0 Å². The van der Waals surface area contributed by atoms with E-state index in [4.69, 9.17) is 19.4 Å². The van der Waals surface area contributed by atoms with Crippen molar-refractivity contribution in [1.82, 2.24) is 9.97 Å². The first-order valence-electron chi connectivity index (χ1n) is 10.3. The summed E-state index contributed by atoms with van der Waals surface area (Å²) < 4.78 is 11.3. The molecule has 0 radical (unpaired) electrons. The molecule has 3 aromatic rings. The van der Waals surface area contributed by atoms with Crippen LogP contribution in [0.15, 0.2) is 42.5 Å². The number of ether oxygens (including phenoxy) is 2. The van der Waals surface area contributed by atoms with Gasteiger partial charge in [0.2, 0.25) is 0 Å². The van der Waals surface area contributed by atoms with Crippen molar-refractivity contribution in [2.75, 3.05) is 43.2 Å². The highest BCUT2D eigenvalue weighted by Gasteiger charge is 2.28. The predicted octanol–water partition coefficient (Wildman–Crippen LogP) is 3.91. The van der Waals surface area contributed by atoms with E-state index in [9.17, 15) is 4.79 Å². The number of nitrogens with zero attached hydrogens (tertiary/aromatic N) is 4. The van der Waals surface area contributed by atoms with Crippen LogP contribution in [0.5, 0.6) is 11.5 Å². The number of amides is 1. The molecule has 0 saturated carbocycles. The minimum Gasteiger partial charge on any atom is -0.490 e. The Bertz CT molecular complexity index is 1070. The third-order valence-corrected chi connectivity index (χ3v) is 5.06. The lowest BCUT2D eigenvalue weighted by atomic mass is 10.1. The first-order chi connectivity index (χ1) is 14.6. The zero-order valence-electron chi connectivity index (χ0n) is 17.6. The van der Waals surface area contributed by atoms with Crippen LogP contribution in [0.4, 0.5) is 11.6 Å². The fourth-order valence-electron chi connectivity index (χ4n) is 3.63. The Labute approximate surface area is 176 Å². The fraction of sp³-hybridized carbons (Fsp3) is 0.348. The zero-order valence-corrected chi connectivity index (χ0v) is 17.6. The fourth-order valence-corrected chi connectivity index (χ4v) is 3.63. The number of carbonyl (C=O) groups excluding carboxylic acids is 1. The maximum Gasteiger partial charge on any atom is 0.259 e. The van der Waals surface area contributed by atoms with E-state index in [1.54, 1.807) is 23.1 Å². The molecule has 0 N–H and O–H groups in total. The summed E-state index contributed by atoms with van der Waals surface area (Å²) in [6, 6.07) is 13.0. The lowest BCUT2D eigenvalue weighted by Crippen LogP contribution is -2.32. The molecule has 0 fully saturated rings. The normalized spacial score (nSPS) is 13.7. The van der Waals surface area contributed by atoms with Gasteiger partial charge in [-0.25, -0.2) is 9.97 Å². The van der Waals surface area contributed by atoms with Gasteiger partial charge >= 0.3 is 0 Å². The highest BCUT2D eigenvalue weighted by molar-refractivity contribution is 6.07. The van der Waals surface area contributed by atoms with E-state index < -0.39 is 0 Å². The van der Waals surface area contributed by atoms with Crippen molar-refractivity contribution in [1.29, 1.82) is 0 Å². The maximum absolute atomic E-state index is 13.5. The van der Waals surface area contributed by atoms with Crippen molar-refractivity contribution in [3.8, 4) is 11.5 Å². The number of para-hydroxylation sites is 2. The van der Waals surface area contributed by atoms with Crippen molar-refractivity contribution < 1.29 is 14.3 Å². The molecule has 1 aromatic heterocycles. The SMILES string of the molecule is CCOc1ccc(C(=O)N2CCCN(C)c3nc4ccccc4nc32)cc1OCC. The van der Waals surface area contributed by atoms with Crippen LogP contribution in [-0.4, -0.2) is 49.2 Å². The summed E-state index contributed by atoms with van der Waals surface area (Å²) in [5.74, 6) is 2.39. The van der Waals surface area contributed by atoms with Gasteiger partial charge < -0.3 is 14.4 Å². The van der Waals surface area contributed by atoms with Crippen LogP contribution in [0.25, 0.3) is 11.0 Å². The molecule has 0 unspecified atom stereocenters. The van der Waals surface area contributed by atoms with E-state index in [2.05, 4.69) is 4.90 Å². The molecule has 156 valence electrons. The second-order valence-corrected chi connectivity index (χ2v) is 7.12. The van der Waals surface area contributed by atoms with Crippen molar-refractivity contribution in [2.24, 2.45) is 0 Å². The highest BCUT2D eigenvalue weighted by atomic mass is 16.5. The van der Waals surface area contributed by atoms with Gasteiger partial charge in [0, 0.05) is 25.7 Å². The summed E-state index contributed by atoms with van der Waals surface area (Å²) in [5, 5.41) is 0. The number of anilines is 2. The molecule has 0 saturated heterocycles. The van der Waals surface area contributed by atoms with Gasteiger partial charge in [0.25, 0.3) is 5.91 Å². The number of rotatable bonds is 5. The number of hydrogen-bond donors (Lipinski definition) is 0. The third-order valence-electron chi connectivity index (χ3n) is 5.06. The molecule has 0 spiro atoms. The van der Waals surface area contributed by atoms with E-state index in [1.165, 1.54) is 0 Å². The Morgan fingerprint density at radius 1 is 0.933 bits per heavy atom. The Kier molecular flexibility index (Phi) is 5.70. The second-order valence-electron chi connectivity index (χ2n) is 7.12. The Hall–Kier alpha value is -3.35. The van der Waals surface area contributed by atoms with Crippen LogP contribution in [0.1, 0.15) is 30.6 Å². The van der Waals surface area contributed by atoms with Gasteiger partial charge in [-0.2, -0.15) is 0 Å². The molecular formula is C23H26N4O3. The van der Waals surface area contributed by atoms with Crippen LogP contribution in [-0.2, 0) is 0 Å². The van der Waals surface area contributed by atoms with E-state index in [0.717, 1.165) is 29.8 Å². The topological polar surface area (TPSA) is 67.8 Å². The molecule has 0 aliphatic carbocycles. The summed E-state index contributed by atoms with van der Waals surface area (Å²) in [4.78, 5) is 26.9. The molecule has 2 aromatic carbocycles. The Balaban J connectivity index is 1.77. The lowest BCUT2D eigenvalue weighted by molar-refractivity contribution is 0.0986. The number of fused-ring (bicyclic) bond motifs is 2. The van der Waals surface area contributed by atoms with Crippen LogP contribution in [0.3, 0.4) is 0 Å². The average molecular weight is 406 g/mol. The summed E-state index contributed by atoms with van der Waals surface area (Å²) >= 11 is 0. The predicted molar refractivity (Wildman–Crippen MR) is 118 cm³/mol. The minimum absolute atomic E-state index is 0.125. The van der Waals surface area contributed by atoms with Crippen molar-refractivity contribution in [2.45, 2.75) is 20.3 Å². The molecule has 1 aliphatic rings. The van der Waals surface area contributed by atoms with Gasteiger partial charge in [0.05, 0.1) is 24.2 Å². The average Bonchev–Trinajstić information content (AvgIpc) is 2.92. The van der Waals surface area contributed by atoms with E-state index in [1.807, 2.05) is 45.2 Å². The third kappa shape index (κ3) is 3.75. The molecule has 0 bridgehead atoms. The quantitative estimate of drug-likeness (QED) is 0.640. The van der Waals surface area contributed by atoms with E-state index in [-0.39, 0.29) is 5.91 Å². The van der Waals surface area contributed by atoms with Gasteiger partial charge in [-0.05, 0) is 50.6 Å². The van der Waals surface area contributed by atoms with E-state index in [0.29, 0.717) is 42.6 Å². The van der Waals surface area contributed by atoms with Gasteiger partial charge in [-0.3, -0.25) is 9.69 Å². The van der Waals surface area contributed by atoms with Crippen LogP contribution in [0, 0.1) is 0 Å². The van der Waals surface area contributed by atoms with Crippen molar-refractivity contribution in [3.05, 3.63) is 48.0 Å². The molecule has 7 nitrogen and oxygen atoms in total. The maximum atomic E-state index is 13.5. The van der Waals surface area contributed by atoms with Gasteiger partial charge in [-0.1, -0.05) is 12.1 Å². The molecule has 4 rings (SSSR count). The van der Waals surface area contributed by atoms with Crippen LogP contribution in [0.2, 0.25) is 0 Å². The largest absolute Gasteiger partial charge is 0.490 e. The second kappa shape index (κ2) is 8.57. The molecular weight excluding hydrogens is 380 g/mol. The molecule has 1 aliphatic heterocycles. The highest BCUT2D eigenvalue weighted by Crippen LogP contribution is 2.33. The summed E-state index contributed by atoms with van der Waals surface area (Å²) in [6.45, 7) is 6.22. The van der Waals surface area contributed by atoms with Gasteiger partial charge in [0.1, 0.15) is 0 Å². The molecule has 30 heavy (non-hydrogen) atoms. The first-order valence-corrected chi connectivity index (χ1v) is 10.3. The summed E-state index contributed by atoms with van der Waals surface area (Å²) in [6.07, 6.45) is 0.825. The van der Waals surface area contributed by atoms with Gasteiger partial charge in [0.15, 0.2) is 23.1 Å². The number of benzene rings is 2. The minimum atomic E-state index is -0.125.